The highest BCUT2D eigenvalue weighted by molar-refractivity contribution is 6.31. The summed E-state index contributed by atoms with van der Waals surface area (Å²) in [6, 6.07) is 7.21. The lowest BCUT2D eigenvalue weighted by atomic mass is 9.93. The fraction of sp³-hybridized carbons (Fsp3) is 0.429. The number of halogens is 1. The normalized spacial score (nSPS) is 15.7. The molecule has 0 unspecified atom stereocenters. The molecule has 0 spiro atoms. The van der Waals surface area contributed by atoms with Crippen LogP contribution in [0.15, 0.2) is 55.4 Å². The summed E-state index contributed by atoms with van der Waals surface area (Å²) in [5, 5.41) is 12.3. The van der Waals surface area contributed by atoms with Crippen molar-refractivity contribution in [1.82, 2.24) is 15.3 Å². The molecular weight excluding hydrogens is 460 g/mol. The molecule has 7 heteroatoms. The number of benzene rings is 1. The lowest BCUT2D eigenvalue weighted by molar-refractivity contribution is 0.0883. The molecule has 1 heterocycles. The van der Waals surface area contributed by atoms with Crippen LogP contribution in [0, 0.1) is 18.3 Å². The number of ether oxygens (including phenoxy) is 1. The first kappa shape index (κ1) is 31.8. The van der Waals surface area contributed by atoms with Crippen LogP contribution in [0.4, 0.5) is 0 Å². The number of carbonyl (C=O) groups is 1. The number of nitrogens with one attached hydrogen (secondary N) is 1. The summed E-state index contributed by atoms with van der Waals surface area (Å²) in [6.45, 7) is 18.8. The second-order valence-corrected chi connectivity index (χ2v) is 7.86. The van der Waals surface area contributed by atoms with E-state index in [-0.39, 0.29) is 23.9 Å². The van der Waals surface area contributed by atoms with E-state index in [0.29, 0.717) is 16.3 Å². The first-order valence-corrected chi connectivity index (χ1v) is 12.4. The zero-order valence-electron chi connectivity index (χ0n) is 21.9. The standard InChI is InChI=1S/C19H19ClN4O2.C5H8.2C2H6/c1-12-10-22-18(23-11-12)19(25)24-14-3-6-15(7-4-14)26-16-5-2-13(9-21)17(20)8-16;1-4-5(2)3;2*1-2/h2,5,8,10-11,14-15H,3-4,6-7H2,1H3,(H,24,25);4H,1-2H2,3H3;2*1-2H3. The third-order valence-electron chi connectivity index (χ3n) is 4.71. The van der Waals surface area contributed by atoms with Gasteiger partial charge in [-0.25, -0.2) is 9.97 Å². The summed E-state index contributed by atoms with van der Waals surface area (Å²) in [6.07, 6.45) is 8.38. The van der Waals surface area contributed by atoms with E-state index >= 15 is 0 Å². The first-order valence-electron chi connectivity index (χ1n) is 12.1. The van der Waals surface area contributed by atoms with Gasteiger partial charge in [0.15, 0.2) is 0 Å². The van der Waals surface area contributed by atoms with Gasteiger partial charge in [-0.2, -0.15) is 5.26 Å². The van der Waals surface area contributed by atoms with Gasteiger partial charge in [0, 0.05) is 24.5 Å². The molecule has 0 radical (unpaired) electrons. The zero-order chi connectivity index (χ0) is 26.8. The van der Waals surface area contributed by atoms with Crippen LogP contribution < -0.4 is 10.1 Å². The average Bonchev–Trinajstić information content (AvgIpc) is 2.88. The molecule has 35 heavy (non-hydrogen) atoms. The van der Waals surface area contributed by atoms with E-state index in [0.717, 1.165) is 36.8 Å². The topological polar surface area (TPSA) is 87.9 Å². The number of carbonyl (C=O) groups excluding carboxylic acids is 1. The van der Waals surface area contributed by atoms with E-state index in [9.17, 15) is 4.79 Å². The van der Waals surface area contributed by atoms with Gasteiger partial charge in [-0.3, -0.25) is 4.79 Å². The smallest absolute Gasteiger partial charge is 0.289 e. The average molecular weight is 499 g/mol. The largest absolute Gasteiger partial charge is 0.490 e. The van der Waals surface area contributed by atoms with E-state index in [2.05, 4.69) is 28.4 Å². The second kappa shape index (κ2) is 18.2. The molecule has 1 saturated carbocycles. The Balaban J connectivity index is 0.00000112. The third-order valence-corrected chi connectivity index (χ3v) is 5.02. The van der Waals surface area contributed by atoms with Crippen LogP contribution in [0.2, 0.25) is 5.02 Å². The highest BCUT2D eigenvalue weighted by atomic mass is 35.5. The predicted molar refractivity (Wildman–Crippen MR) is 145 cm³/mol. The van der Waals surface area contributed by atoms with Gasteiger partial charge < -0.3 is 10.1 Å². The van der Waals surface area contributed by atoms with Crippen LogP contribution >= 0.6 is 11.6 Å². The van der Waals surface area contributed by atoms with Gasteiger partial charge in [-0.1, -0.05) is 64.1 Å². The van der Waals surface area contributed by atoms with Crippen molar-refractivity contribution in [2.45, 2.75) is 79.4 Å². The Bertz CT molecular complexity index is 960. The number of rotatable bonds is 5. The summed E-state index contributed by atoms with van der Waals surface area (Å²) in [5.41, 5.74) is 2.37. The van der Waals surface area contributed by atoms with Crippen molar-refractivity contribution >= 4 is 17.5 Å². The number of aromatic nitrogens is 2. The van der Waals surface area contributed by atoms with Crippen LogP contribution in [0.1, 0.15) is 82.0 Å². The molecule has 0 aliphatic heterocycles. The van der Waals surface area contributed by atoms with Crippen LogP contribution in [-0.2, 0) is 0 Å². The molecule has 0 atom stereocenters. The molecule has 1 aromatic carbocycles. The summed E-state index contributed by atoms with van der Waals surface area (Å²) in [7, 11) is 0. The van der Waals surface area contributed by atoms with Gasteiger partial charge in [-0.15, -0.1) is 0 Å². The minimum Gasteiger partial charge on any atom is -0.490 e. The van der Waals surface area contributed by atoms with Crippen molar-refractivity contribution in [1.29, 1.82) is 5.26 Å². The number of amides is 1. The van der Waals surface area contributed by atoms with Gasteiger partial charge in [0.2, 0.25) is 5.82 Å². The van der Waals surface area contributed by atoms with E-state index in [1.165, 1.54) is 0 Å². The summed E-state index contributed by atoms with van der Waals surface area (Å²) in [5.74, 6) is 0.615. The Labute approximate surface area is 216 Å². The third kappa shape index (κ3) is 12.2. The van der Waals surface area contributed by atoms with Crippen molar-refractivity contribution in [2.75, 3.05) is 0 Å². The highest BCUT2D eigenvalue weighted by Crippen LogP contribution is 2.27. The molecule has 3 rings (SSSR count). The van der Waals surface area contributed by atoms with E-state index < -0.39 is 0 Å². The molecule has 1 amide bonds. The Morgan fingerprint density at radius 2 is 1.71 bits per heavy atom. The molecule has 1 aliphatic rings. The number of nitriles is 1. The molecular formula is C28H39ClN4O2. The van der Waals surface area contributed by atoms with E-state index in [1.54, 1.807) is 36.7 Å². The molecule has 1 aliphatic carbocycles. The maximum atomic E-state index is 12.2. The zero-order valence-corrected chi connectivity index (χ0v) is 22.7. The predicted octanol–water partition coefficient (Wildman–Crippen LogP) is 7.23. The van der Waals surface area contributed by atoms with Crippen molar-refractivity contribution < 1.29 is 9.53 Å². The Morgan fingerprint density at radius 1 is 1.17 bits per heavy atom. The number of hydrogen-bond acceptors (Lipinski definition) is 5. The molecule has 0 saturated heterocycles. The van der Waals surface area contributed by atoms with Gasteiger partial charge in [-0.05, 0) is 57.2 Å². The number of hydrogen-bond donors (Lipinski definition) is 1. The van der Waals surface area contributed by atoms with Crippen molar-refractivity contribution in [2.24, 2.45) is 0 Å². The fourth-order valence-corrected chi connectivity index (χ4v) is 3.15. The van der Waals surface area contributed by atoms with Crippen molar-refractivity contribution in [3.05, 3.63) is 77.4 Å². The minimum absolute atomic E-state index is 0.0720. The number of nitrogens with zero attached hydrogens (tertiary/aromatic N) is 3. The van der Waals surface area contributed by atoms with Crippen LogP contribution in [0.5, 0.6) is 5.75 Å². The maximum Gasteiger partial charge on any atom is 0.289 e. The lowest BCUT2D eigenvalue weighted by Gasteiger charge is -2.29. The van der Waals surface area contributed by atoms with Gasteiger partial charge in [0.1, 0.15) is 11.8 Å². The van der Waals surface area contributed by atoms with E-state index in [4.69, 9.17) is 21.6 Å². The monoisotopic (exact) mass is 498 g/mol. The minimum atomic E-state index is -0.242. The fourth-order valence-electron chi connectivity index (χ4n) is 2.94. The van der Waals surface area contributed by atoms with Crippen molar-refractivity contribution in [3.63, 3.8) is 0 Å². The van der Waals surface area contributed by atoms with Gasteiger partial charge in [0.05, 0.1) is 16.7 Å². The molecule has 190 valence electrons. The molecule has 2 aromatic rings. The first-order chi connectivity index (χ1) is 16.8. The summed E-state index contributed by atoms with van der Waals surface area (Å²) in [4.78, 5) is 20.3. The molecule has 6 nitrogen and oxygen atoms in total. The highest BCUT2D eigenvalue weighted by Gasteiger charge is 2.24. The second-order valence-electron chi connectivity index (χ2n) is 7.45. The van der Waals surface area contributed by atoms with Crippen LogP contribution in [0.25, 0.3) is 0 Å². The molecule has 1 aromatic heterocycles. The van der Waals surface area contributed by atoms with Gasteiger partial charge >= 0.3 is 0 Å². The lowest BCUT2D eigenvalue weighted by Crippen LogP contribution is -2.40. The summed E-state index contributed by atoms with van der Waals surface area (Å²) >= 11 is 6.03. The molecule has 1 N–H and O–H groups in total. The Morgan fingerprint density at radius 3 is 2.17 bits per heavy atom. The maximum absolute atomic E-state index is 12.2. The van der Waals surface area contributed by atoms with Crippen LogP contribution in [-0.4, -0.2) is 28.0 Å². The quantitative estimate of drug-likeness (QED) is 0.439. The van der Waals surface area contributed by atoms with Gasteiger partial charge in [0.25, 0.3) is 5.91 Å². The number of allylic oxidation sites excluding steroid dienone is 2. The number of aryl methyl sites for hydroxylation is 1. The van der Waals surface area contributed by atoms with E-state index in [1.807, 2.05) is 47.6 Å². The van der Waals surface area contributed by atoms with Crippen LogP contribution in [0.3, 0.4) is 0 Å². The Kier molecular flexibility index (Phi) is 16.5. The molecule has 1 fully saturated rings. The SMILES string of the molecule is C=CC(=C)C.CC.CC.Cc1cnc(C(=O)NC2CCC(Oc3ccc(C#N)c(Cl)c3)CC2)nc1. The van der Waals surface area contributed by atoms with Crippen molar-refractivity contribution in [3.8, 4) is 11.8 Å². The summed E-state index contributed by atoms with van der Waals surface area (Å²) < 4.78 is 5.96. The molecule has 0 bridgehead atoms. The Hall–Kier alpha value is -3.17.